The lowest BCUT2D eigenvalue weighted by Crippen LogP contribution is -2.21. The van der Waals surface area contributed by atoms with Crippen molar-refractivity contribution in [2.75, 3.05) is 14.1 Å². The standard InChI is InChI=1S/C10H9FN2OS/c1-13(2)10(14)9-12-7-4-3-6(11)5-8(7)15-9/h3-5H,1-2H3. The third-order valence-electron chi connectivity index (χ3n) is 1.94. The molecule has 1 heterocycles. The molecule has 0 radical (unpaired) electrons. The number of carbonyl (C=O) groups is 1. The Balaban J connectivity index is 2.52. The molecule has 0 fully saturated rings. The van der Waals surface area contributed by atoms with E-state index in [0.29, 0.717) is 15.2 Å². The zero-order valence-corrected chi connectivity index (χ0v) is 9.14. The van der Waals surface area contributed by atoms with E-state index in [2.05, 4.69) is 4.98 Å². The second-order valence-corrected chi connectivity index (χ2v) is 4.36. The molecule has 1 amide bonds. The van der Waals surface area contributed by atoms with Crippen LogP contribution < -0.4 is 0 Å². The first-order valence-corrected chi connectivity index (χ1v) is 5.17. The summed E-state index contributed by atoms with van der Waals surface area (Å²) in [5.74, 6) is -0.466. The van der Waals surface area contributed by atoms with E-state index in [-0.39, 0.29) is 11.7 Å². The van der Waals surface area contributed by atoms with Crippen LogP contribution in [-0.2, 0) is 0 Å². The Bertz CT molecular complexity index is 521. The molecular formula is C10H9FN2OS. The van der Waals surface area contributed by atoms with E-state index in [1.807, 2.05) is 0 Å². The molecule has 1 aromatic heterocycles. The molecule has 2 rings (SSSR count). The number of fused-ring (bicyclic) bond motifs is 1. The monoisotopic (exact) mass is 224 g/mol. The average molecular weight is 224 g/mol. The summed E-state index contributed by atoms with van der Waals surface area (Å²) in [6.45, 7) is 0. The summed E-state index contributed by atoms with van der Waals surface area (Å²) in [4.78, 5) is 17.2. The number of benzene rings is 1. The van der Waals surface area contributed by atoms with E-state index in [9.17, 15) is 9.18 Å². The second-order valence-electron chi connectivity index (χ2n) is 3.33. The molecule has 78 valence electrons. The van der Waals surface area contributed by atoms with Crippen LogP contribution in [-0.4, -0.2) is 29.9 Å². The summed E-state index contributed by atoms with van der Waals surface area (Å²) < 4.78 is 13.6. The molecule has 0 atom stereocenters. The fourth-order valence-electron chi connectivity index (χ4n) is 1.18. The highest BCUT2D eigenvalue weighted by Gasteiger charge is 2.13. The summed E-state index contributed by atoms with van der Waals surface area (Å²) in [6, 6.07) is 4.30. The highest BCUT2D eigenvalue weighted by Crippen LogP contribution is 2.23. The van der Waals surface area contributed by atoms with Crippen LogP contribution in [0.5, 0.6) is 0 Å². The summed E-state index contributed by atoms with van der Waals surface area (Å²) >= 11 is 1.21. The lowest BCUT2D eigenvalue weighted by molar-refractivity contribution is 0.0827. The molecule has 2 aromatic rings. The minimum Gasteiger partial charge on any atom is -0.343 e. The largest absolute Gasteiger partial charge is 0.343 e. The zero-order chi connectivity index (χ0) is 11.0. The molecule has 0 unspecified atom stereocenters. The Kier molecular flexibility index (Phi) is 2.40. The molecule has 0 saturated carbocycles. The minimum atomic E-state index is -0.310. The number of nitrogens with zero attached hydrogens (tertiary/aromatic N) is 2. The Morgan fingerprint density at radius 2 is 2.20 bits per heavy atom. The Hall–Kier alpha value is -1.49. The lowest BCUT2D eigenvalue weighted by Gasteiger charge is -2.05. The second kappa shape index (κ2) is 3.58. The molecule has 1 aromatic carbocycles. The van der Waals surface area contributed by atoms with Gasteiger partial charge in [0.05, 0.1) is 10.2 Å². The first kappa shape index (κ1) is 10.0. The van der Waals surface area contributed by atoms with Gasteiger partial charge in [0.1, 0.15) is 5.82 Å². The summed E-state index contributed by atoms with van der Waals surface area (Å²) in [5, 5.41) is 0.389. The molecule has 15 heavy (non-hydrogen) atoms. The van der Waals surface area contributed by atoms with Crippen molar-refractivity contribution in [1.29, 1.82) is 0 Å². The topological polar surface area (TPSA) is 33.2 Å². The third kappa shape index (κ3) is 1.83. The van der Waals surface area contributed by atoms with Crippen LogP contribution in [0.2, 0.25) is 0 Å². The molecule has 0 aliphatic rings. The Morgan fingerprint density at radius 1 is 1.47 bits per heavy atom. The van der Waals surface area contributed by atoms with Crippen molar-refractivity contribution in [2.45, 2.75) is 0 Å². The van der Waals surface area contributed by atoms with Gasteiger partial charge in [-0.25, -0.2) is 9.37 Å². The first-order valence-electron chi connectivity index (χ1n) is 4.35. The van der Waals surface area contributed by atoms with Gasteiger partial charge in [0.25, 0.3) is 5.91 Å². The molecule has 0 N–H and O–H groups in total. The Labute approximate surface area is 90.2 Å². The van der Waals surface area contributed by atoms with Crippen molar-refractivity contribution in [2.24, 2.45) is 0 Å². The van der Waals surface area contributed by atoms with Gasteiger partial charge >= 0.3 is 0 Å². The number of aromatic nitrogens is 1. The molecule has 0 spiro atoms. The Morgan fingerprint density at radius 3 is 2.87 bits per heavy atom. The number of hydrogen-bond acceptors (Lipinski definition) is 3. The van der Waals surface area contributed by atoms with Gasteiger partial charge in [-0.05, 0) is 18.2 Å². The number of amides is 1. The molecule has 3 nitrogen and oxygen atoms in total. The van der Waals surface area contributed by atoms with Crippen LogP contribution in [0, 0.1) is 5.82 Å². The van der Waals surface area contributed by atoms with Gasteiger partial charge in [0.15, 0.2) is 5.01 Å². The van der Waals surface area contributed by atoms with Crippen molar-refractivity contribution >= 4 is 27.5 Å². The minimum absolute atomic E-state index is 0.156. The van der Waals surface area contributed by atoms with Gasteiger partial charge in [-0.2, -0.15) is 0 Å². The van der Waals surface area contributed by atoms with Crippen LogP contribution in [0.3, 0.4) is 0 Å². The van der Waals surface area contributed by atoms with Gasteiger partial charge in [0, 0.05) is 14.1 Å². The van der Waals surface area contributed by atoms with E-state index in [1.165, 1.54) is 28.4 Å². The van der Waals surface area contributed by atoms with Gasteiger partial charge < -0.3 is 4.90 Å². The van der Waals surface area contributed by atoms with E-state index >= 15 is 0 Å². The number of carbonyl (C=O) groups excluding carboxylic acids is 1. The van der Waals surface area contributed by atoms with Crippen molar-refractivity contribution in [3.63, 3.8) is 0 Å². The SMILES string of the molecule is CN(C)C(=O)c1nc2ccc(F)cc2s1. The number of rotatable bonds is 1. The maximum atomic E-state index is 12.9. The third-order valence-corrected chi connectivity index (χ3v) is 2.95. The van der Waals surface area contributed by atoms with Crippen LogP contribution in [0.25, 0.3) is 10.2 Å². The molecular weight excluding hydrogens is 215 g/mol. The summed E-state index contributed by atoms with van der Waals surface area (Å²) in [5.41, 5.74) is 0.659. The predicted molar refractivity (Wildman–Crippen MR) is 57.6 cm³/mol. The van der Waals surface area contributed by atoms with E-state index in [1.54, 1.807) is 20.2 Å². The zero-order valence-electron chi connectivity index (χ0n) is 8.32. The quantitative estimate of drug-likeness (QED) is 0.743. The van der Waals surface area contributed by atoms with Crippen molar-refractivity contribution < 1.29 is 9.18 Å². The van der Waals surface area contributed by atoms with Gasteiger partial charge in [-0.3, -0.25) is 4.79 Å². The van der Waals surface area contributed by atoms with Crippen LogP contribution in [0.1, 0.15) is 9.80 Å². The number of thiazole rings is 1. The van der Waals surface area contributed by atoms with Gasteiger partial charge in [0.2, 0.25) is 0 Å². The maximum Gasteiger partial charge on any atom is 0.282 e. The van der Waals surface area contributed by atoms with Crippen molar-refractivity contribution in [3.05, 3.63) is 29.0 Å². The molecule has 0 aliphatic heterocycles. The van der Waals surface area contributed by atoms with E-state index < -0.39 is 0 Å². The highest BCUT2D eigenvalue weighted by molar-refractivity contribution is 7.20. The van der Waals surface area contributed by atoms with Crippen LogP contribution in [0.4, 0.5) is 4.39 Å². The lowest BCUT2D eigenvalue weighted by atomic mass is 10.3. The van der Waals surface area contributed by atoms with E-state index in [0.717, 1.165) is 0 Å². The normalized spacial score (nSPS) is 10.6. The van der Waals surface area contributed by atoms with Crippen LogP contribution >= 0.6 is 11.3 Å². The smallest absolute Gasteiger partial charge is 0.282 e. The average Bonchev–Trinajstić information content (AvgIpc) is 2.58. The van der Waals surface area contributed by atoms with Gasteiger partial charge in [-0.15, -0.1) is 11.3 Å². The fourth-order valence-corrected chi connectivity index (χ4v) is 2.19. The molecule has 0 bridgehead atoms. The molecule has 0 saturated heterocycles. The van der Waals surface area contributed by atoms with Crippen LogP contribution in [0.15, 0.2) is 18.2 Å². The number of hydrogen-bond donors (Lipinski definition) is 0. The van der Waals surface area contributed by atoms with Crippen molar-refractivity contribution in [1.82, 2.24) is 9.88 Å². The fraction of sp³-hybridized carbons (Fsp3) is 0.200. The highest BCUT2D eigenvalue weighted by atomic mass is 32.1. The predicted octanol–water partition coefficient (Wildman–Crippen LogP) is 2.14. The van der Waals surface area contributed by atoms with Gasteiger partial charge in [-0.1, -0.05) is 0 Å². The molecule has 5 heteroatoms. The number of halogens is 1. The summed E-state index contributed by atoms with van der Waals surface area (Å²) in [7, 11) is 3.32. The van der Waals surface area contributed by atoms with E-state index in [4.69, 9.17) is 0 Å². The first-order chi connectivity index (χ1) is 7.08. The van der Waals surface area contributed by atoms with Crippen molar-refractivity contribution in [3.8, 4) is 0 Å². The summed E-state index contributed by atoms with van der Waals surface area (Å²) in [6.07, 6.45) is 0. The molecule has 0 aliphatic carbocycles. The maximum absolute atomic E-state index is 12.9.